The molecule has 118 valence electrons. The van der Waals surface area contributed by atoms with Crippen LogP contribution in [-0.4, -0.2) is 35.2 Å². The number of nitrogens with one attached hydrogen (secondary N) is 2. The number of anilines is 2. The van der Waals surface area contributed by atoms with E-state index in [1.165, 1.54) is 47.4 Å². The second-order valence-corrected chi connectivity index (χ2v) is 6.32. The van der Waals surface area contributed by atoms with Crippen molar-refractivity contribution in [1.82, 2.24) is 10.2 Å². The number of hydrogen-bond acceptors (Lipinski definition) is 6. The molecule has 2 aromatic rings. The number of hydrogen-bond donors (Lipinski definition) is 2. The van der Waals surface area contributed by atoms with Crippen molar-refractivity contribution in [2.24, 2.45) is 0 Å². The lowest BCUT2D eigenvalue weighted by Crippen LogP contribution is -2.19. The first-order valence-electron chi connectivity index (χ1n) is 6.55. The van der Waals surface area contributed by atoms with Gasteiger partial charge in [0.25, 0.3) is 0 Å². The minimum absolute atomic E-state index is 0.358. The van der Waals surface area contributed by atoms with Crippen molar-refractivity contribution in [3.63, 3.8) is 0 Å². The normalized spacial score (nSPS) is 10.5. The molecule has 0 aliphatic rings. The maximum Gasteiger partial charge on any atom is 0.325 e. The summed E-state index contributed by atoms with van der Waals surface area (Å²) in [6.07, 6.45) is 0. The number of urea groups is 1. The van der Waals surface area contributed by atoms with Gasteiger partial charge in [0.1, 0.15) is 5.82 Å². The van der Waals surface area contributed by atoms with Crippen LogP contribution in [0.1, 0.15) is 6.92 Å². The minimum Gasteiger partial charge on any atom is -0.381 e. The van der Waals surface area contributed by atoms with E-state index < -0.39 is 6.03 Å². The first kappa shape index (κ1) is 16.7. The predicted octanol–water partition coefficient (Wildman–Crippen LogP) is 3.45. The van der Waals surface area contributed by atoms with Gasteiger partial charge in [0, 0.05) is 18.0 Å². The van der Waals surface area contributed by atoms with Gasteiger partial charge in [-0.3, -0.25) is 5.32 Å². The van der Waals surface area contributed by atoms with Gasteiger partial charge in [0.15, 0.2) is 4.34 Å². The van der Waals surface area contributed by atoms with E-state index in [-0.39, 0.29) is 5.82 Å². The highest BCUT2D eigenvalue weighted by molar-refractivity contribution is 8.01. The fraction of sp³-hybridized carbons (Fsp3) is 0.308. The van der Waals surface area contributed by atoms with E-state index in [1.54, 1.807) is 0 Å². The third kappa shape index (κ3) is 5.58. The number of thioether (sulfide) groups is 1. The molecule has 1 aromatic carbocycles. The van der Waals surface area contributed by atoms with Crippen molar-refractivity contribution in [3.8, 4) is 0 Å². The Balaban J connectivity index is 1.79. The Morgan fingerprint density at radius 1 is 1.32 bits per heavy atom. The summed E-state index contributed by atoms with van der Waals surface area (Å²) in [7, 11) is 0. The standard InChI is InChI=1S/C13H15FN4O2S2/c1-2-20-7-8-21-13-18-17-12(22-13)16-11(19)15-10-5-3-9(14)4-6-10/h3-6H,2,7-8H2,1H3,(H2,15,16,17,19). The predicted molar refractivity (Wildman–Crippen MR) is 86.2 cm³/mol. The van der Waals surface area contributed by atoms with Gasteiger partial charge in [-0.1, -0.05) is 23.1 Å². The lowest BCUT2D eigenvalue weighted by Gasteiger charge is -2.04. The van der Waals surface area contributed by atoms with Crippen LogP contribution in [0.25, 0.3) is 0 Å². The molecular weight excluding hydrogens is 327 g/mol. The monoisotopic (exact) mass is 342 g/mol. The van der Waals surface area contributed by atoms with Crippen LogP contribution in [0.2, 0.25) is 0 Å². The Labute approximate surface area is 135 Å². The van der Waals surface area contributed by atoms with Gasteiger partial charge in [-0.05, 0) is 31.2 Å². The summed E-state index contributed by atoms with van der Waals surface area (Å²) in [5.41, 5.74) is 0.495. The Hall–Kier alpha value is -1.71. The van der Waals surface area contributed by atoms with E-state index in [4.69, 9.17) is 4.74 Å². The van der Waals surface area contributed by atoms with Crippen molar-refractivity contribution < 1.29 is 13.9 Å². The summed E-state index contributed by atoms with van der Waals surface area (Å²) in [6, 6.07) is 5.05. The molecule has 0 fully saturated rings. The number of amides is 2. The quantitative estimate of drug-likeness (QED) is 0.458. The van der Waals surface area contributed by atoms with Gasteiger partial charge in [-0.2, -0.15) is 0 Å². The van der Waals surface area contributed by atoms with Crippen LogP contribution >= 0.6 is 23.1 Å². The van der Waals surface area contributed by atoms with Gasteiger partial charge in [-0.15, -0.1) is 10.2 Å². The summed E-state index contributed by atoms with van der Waals surface area (Å²) in [6.45, 7) is 3.28. The fourth-order valence-corrected chi connectivity index (χ4v) is 3.11. The van der Waals surface area contributed by atoms with Crippen molar-refractivity contribution >= 4 is 39.9 Å². The van der Waals surface area contributed by atoms with Crippen molar-refractivity contribution in [3.05, 3.63) is 30.1 Å². The van der Waals surface area contributed by atoms with Crippen LogP contribution < -0.4 is 10.6 Å². The molecule has 0 atom stereocenters. The third-order valence-corrected chi connectivity index (χ3v) is 4.32. The van der Waals surface area contributed by atoms with Crippen molar-refractivity contribution in [2.75, 3.05) is 29.6 Å². The minimum atomic E-state index is -0.450. The molecule has 0 radical (unpaired) electrons. The summed E-state index contributed by atoms with van der Waals surface area (Å²) in [5, 5.41) is 13.4. The van der Waals surface area contributed by atoms with Gasteiger partial charge < -0.3 is 10.1 Å². The van der Waals surface area contributed by atoms with Crippen LogP contribution in [0, 0.1) is 5.82 Å². The van der Waals surface area contributed by atoms with E-state index in [9.17, 15) is 9.18 Å². The second kappa shape index (κ2) is 8.66. The molecule has 1 heterocycles. The molecule has 6 nitrogen and oxygen atoms in total. The van der Waals surface area contributed by atoms with Crippen molar-refractivity contribution in [1.29, 1.82) is 0 Å². The summed E-state index contributed by atoms with van der Waals surface area (Å²) in [5.74, 6) is 0.424. The first-order valence-corrected chi connectivity index (χ1v) is 8.35. The lowest BCUT2D eigenvalue weighted by molar-refractivity contribution is 0.164. The Morgan fingerprint density at radius 3 is 2.82 bits per heavy atom. The number of benzene rings is 1. The highest BCUT2D eigenvalue weighted by Gasteiger charge is 2.08. The van der Waals surface area contributed by atoms with E-state index in [0.717, 1.165) is 10.1 Å². The summed E-state index contributed by atoms with van der Waals surface area (Å²) in [4.78, 5) is 11.8. The topological polar surface area (TPSA) is 76.1 Å². The molecule has 0 bridgehead atoms. The molecular formula is C13H15FN4O2S2. The molecule has 2 amide bonds. The van der Waals surface area contributed by atoms with Gasteiger partial charge >= 0.3 is 6.03 Å². The molecule has 0 saturated heterocycles. The zero-order valence-electron chi connectivity index (χ0n) is 11.8. The van der Waals surface area contributed by atoms with E-state index >= 15 is 0 Å². The molecule has 0 unspecified atom stereocenters. The van der Waals surface area contributed by atoms with Gasteiger partial charge in [-0.25, -0.2) is 9.18 Å². The largest absolute Gasteiger partial charge is 0.381 e. The first-order chi connectivity index (χ1) is 10.7. The molecule has 0 aliphatic heterocycles. The third-order valence-electron chi connectivity index (χ3n) is 2.39. The molecule has 1 aromatic heterocycles. The maximum absolute atomic E-state index is 12.8. The van der Waals surface area contributed by atoms with Crippen LogP contribution in [0.3, 0.4) is 0 Å². The molecule has 2 rings (SSSR count). The van der Waals surface area contributed by atoms with Crippen LogP contribution in [0.4, 0.5) is 20.0 Å². The molecule has 9 heteroatoms. The lowest BCUT2D eigenvalue weighted by atomic mass is 10.3. The zero-order chi connectivity index (χ0) is 15.8. The summed E-state index contributed by atoms with van der Waals surface area (Å²) >= 11 is 2.81. The molecule has 22 heavy (non-hydrogen) atoms. The fourth-order valence-electron chi connectivity index (χ4n) is 1.44. The van der Waals surface area contributed by atoms with Crippen LogP contribution in [0.15, 0.2) is 28.6 Å². The van der Waals surface area contributed by atoms with Gasteiger partial charge in [0.2, 0.25) is 5.13 Å². The molecule has 0 aliphatic carbocycles. The Bertz CT molecular complexity index is 606. The number of aromatic nitrogens is 2. The summed E-state index contributed by atoms with van der Waals surface area (Å²) < 4.78 is 18.8. The smallest absolute Gasteiger partial charge is 0.325 e. The highest BCUT2D eigenvalue weighted by Crippen LogP contribution is 2.25. The average Bonchev–Trinajstić information content (AvgIpc) is 2.93. The number of carbonyl (C=O) groups is 1. The number of halogens is 1. The molecule has 0 spiro atoms. The average molecular weight is 342 g/mol. The second-order valence-electron chi connectivity index (χ2n) is 4.00. The maximum atomic E-state index is 12.8. The van der Waals surface area contributed by atoms with Crippen LogP contribution in [-0.2, 0) is 4.74 Å². The Kier molecular flexibility index (Phi) is 6.56. The number of nitrogens with zero attached hydrogens (tertiary/aromatic N) is 2. The van der Waals surface area contributed by atoms with Crippen LogP contribution in [0.5, 0.6) is 0 Å². The Morgan fingerprint density at radius 2 is 2.09 bits per heavy atom. The van der Waals surface area contributed by atoms with Gasteiger partial charge in [0.05, 0.1) is 6.61 Å². The molecule has 2 N–H and O–H groups in total. The van der Waals surface area contributed by atoms with Crippen molar-refractivity contribution in [2.45, 2.75) is 11.3 Å². The zero-order valence-corrected chi connectivity index (χ0v) is 13.5. The SMILES string of the molecule is CCOCCSc1nnc(NC(=O)Nc2ccc(F)cc2)s1. The van der Waals surface area contributed by atoms with E-state index in [2.05, 4.69) is 20.8 Å². The number of rotatable bonds is 7. The van der Waals surface area contributed by atoms with E-state index in [0.29, 0.717) is 24.0 Å². The van der Waals surface area contributed by atoms with E-state index in [1.807, 2.05) is 6.92 Å². The molecule has 0 saturated carbocycles. The number of carbonyl (C=O) groups excluding carboxylic acids is 1. The highest BCUT2D eigenvalue weighted by atomic mass is 32.2. The number of ether oxygens (including phenoxy) is 1.